The molecule has 1 aromatic heterocycles. The van der Waals surface area contributed by atoms with Gasteiger partial charge in [-0.15, -0.1) is 5.10 Å². The van der Waals surface area contributed by atoms with Crippen molar-refractivity contribution in [1.29, 1.82) is 0 Å². The van der Waals surface area contributed by atoms with Gasteiger partial charge in [-0.2, -0.15) is 4.68 Å². The molecule has 10 nitrogen and oxygen atoms in total. The molecule has 0 unspecified atom stereocenters. The Bertz CT molecular complexity index is 1480. The van der Waals surface area contributed by atoms with E-state index in [9.17, 15) is 19.5 Å². The fraction of sp³-hybridized carbons (Fsp3) is 0.419. The monoisotopic (exact) mass is 588 g/mol. The molecule has 42 heavy (non-hydrogen) atoms. The van der Waals surface area contributed by atoms with Gasteiger partial charge in [-0.3, -0.25) is 14.4 Å². The number of carboxylic acid groups (broad SMARTS) is 1. The Labute approximate surface area is 248 Å². The van der Waals surface area contributed by atoms with Crippen LogP contribution in [0.1, 0.15) is 68.4 Å². The Morgan fingerprint density at radius 3 is 2.43 bits per heavy atom. The predicted octanol–water partition coefficient (Wildman–Crippen LogP) is 4.40. The number of amides is 2. The number of carbonyl (C=O) groups excluding carboxylic acids is 2. The minimum atomic E-state index is -0.731. The van der Waals surface area contributed by atoms with Gasteiger partial charge in [0.15, 0.2) is 0 Å². The third kappa shape index (κ3) is 5.31. The number of hydrogen-bond donors (Lipinski definition) is 2. The lowest BCUT2D eigenvalue weighted by Crippen LogP contribution is -2.63. The Hall–Kier alpha value is -4.05. The SMILES string of the molecule is O=C(NC12CCC(C(=O)O)(CC1)CC2)[C@@H]1[C@H](c2ccccc2)CCCN1C(=O)C=Cc1cc(Cl)ccc1-n1cnnn1. The molecule has 2 atom stereocenters. The topological polar surface area (TPSA) is 130 Å². The minimum Gasteiger partial charge on any atom is -0.481 e. The lowest BCUT2D eigenvalue weighted by molar-refractivity contribution is -0.157. The normalized spacial score (nSPS) is 27.2. The van der Waals surface area contributed by atoms with Crippen LogP contribution in [-0.2, 0) is 14.4 Å². The third-order valence-electron chi connectivity index (χ3n) is 9.49. The summed E-state index contributed by atoms with van der Waals surface area (Å²) in [4.78, 5) is 41.6. The molecule has 1 saturated heterocycles. The molecule has 2 amide bonds. The van der Waals surface area contributed by atoms with Crippen molar-refractivity contribution in [3.63, 3.8) is 0 Å². The molecule has 2 bridgehead atoms. The van der Waals surface area contributed by atoms with Crippen molar-refractivity contribution in [3.05, 3.63) is 77.1 Å². The van der Waals surface area contributed by atoms with Crippen LogP contribution in [0, 0.1) is 5.41 Å². The summed E-state index contributed by atoms with van der Waals surface area (Å²) in [5.74, 6) is -1.34. The van der Waals surface area contributed by atoms with Gasteiger partial charge in [-0.05, 0) is 91.6 Å². The van der Waals surface area contributed by atoms with Gasteiger partial charge in [-0.25, -0.2) is 0 Å². The number of nitrogens with zero attached hydrogens (tertiary/aromatic N) is 5. The fourth-order valence-electron chi connectivity index (χ4n) is 7.04. The van der Waals surface area contributed by atoms with E-state index in [-0.39, 0.29) is 17.7 Å². The number of carbonyl (C=O) groups is 3. The number of likely N-dealkylation sites (tertiary alicyclic amines) is 1. The van der Waals surface area contributed by atoms with Crippen molar-refractivity contribution in [2.75, 3.05) is 6.54 Å². The van der Waals surface area contributed by atoms with Gasteiger partial charge in [0, 0.05) is 34.7 Å². The van der Waals surface area contributed by atoms with Crippen molar-refractivity contribution in [3.8, 4) is 5.69 Å². The Balaban J connectivity index is 1.28. The molecule has 3 aliphatic carbocycles. The molecular formula is C31H33ClN6O4. The van der Waals surface area contributed by atoms with E-state index in [1.807, 2.05) is 30.3 Å². The first kappa shape index (κ1) is 28.1. The van der Waals surface area contributed by atoms with Crippen LogP contribution in [0.5, 0.6) is 0 Å². The zero-order chi connectivity index (χ0) is 29.3. The molecule has 2 aromatic carbocycles. The van der Waals surface area contributed by atoms with Crippen molar-refractivity contribution in [2.45, 2.75) is 68.9 Å². The fourth-order valence-corrected chi connectivity index (χ4v) is 7.22. The largest absolute Gasteiger partial charge is 0.481 e. The summed E-state index contributed by atoms with van der Waals surface area (Å²) in [6, 6.07) is 14.4. The molecule has 2 heterocycles. The molecule has 2 N–H and O–H groups in total. The first-order chi connectivity index (χ1) is 20.3. The van der Waals surface area contributed by atoms with Crippen LogP contribution in [0.25, 0.3) is 11.8 Å². The number of aliphatic carboxylic acids is 1. The van der Waals surface area contributed by atoms with Crippen LogP contribution < -0.4 is 5.32 Å². The number of nitrogens with one attached hydrogen (secondary N) is 1. The summed E-state index contributed by atoms with van der Waals surface area (Å²) in [5, 5.41) is 25.0. The molecule has 4 aliphatic rings. The Morgan fingerprint density at radius 2 is 1.76 bits per heavy atom. The highest BCUT2D eigenvalue weighted by molar-refractivity contribution is 6.30. The molecule has 7 rings (SSSR count). The van der Waals surface area contributed by atoms with Crippen molar-refractivity contribution in [2.24, 2.45) is 5.41 Å². The summed E-state index contributed by atoms with van der Waals surface area (Å²) in [5.41, 5.74) is 1.24. The molecule has 3 aromatic rings. The van der Waals surface area contributed by atoms with E-state index >= 15 is 0 Å². The van der Waals surface area contributed by atoms with E-state index in [2.05, 4.69) is 20.8 Å². The second-order valence-electron chi connectivity index (χ2n) is 11.8. The van der Waals surface area contributed by atoms with Crippen molar-refractivity contribution in [1.82, 2.24) is 30.4 Å². The number of tetrazole rings is 1. The highest BCUT2D eigenvalue weighted by atomic mass is 35.5. The zero-order valence-corrected chi connectivity index (χ0v) is 23.9. The summed E-state index contributed by atoms with van der Waals surface area (Å²) in [6.45, 7) is 0.453. The second-order valence-corrected chi connectivity index (χ2v) is 12.2. The maximum absolute atomic E-state index is 14.2. The number of hydrogen-bond acceptors (Lipinski definition) is 6. The van der Waals surface area contributed by atoms with Gasteiger partial charge < -0.3 is 15.3 Å². The predicted molar refractivity (Wildman–Crippen MR) is 156 cm³/mol. The van der Waals surface area contributed by atoms with Gasteiger partial charge in [0.25, 0.3) is 0 Å². The highest BCUT2D eigenvalue weighted by Crippen LogP contribution is 2.52. The van der Waals surface area contributed by atoms with E-state index < -0.39 is 23.0 Å². The lowest BCUT2D eigenvalue weighted by Gasteiger charge is -2.52. The summed E-state index contributed by atoms with van der Waals surface area (Å²) in [6.07, 6.45) is 9.76. The number of benzene rings is 2. The van der Waals surface area contributed by atoms with Crippen LogP contribution in [0.4, 0.5) is 0 Å². The quantitative estimate of drug-likeness (QED) is 0.391. The summed E-state index contributed by atoms with van der Waals surface area (Å²) in [7, 11) is 0. The average Bonchev–Trinajstić information content (AvgIpc) is 3.55. The maximum atomic E-state index is 14.2. The number of carboxylic acids is 1. The summed E-state index contributed by atoms with van der Waals surface area (Å²) < 4.78 is 1.50. The van der Waals surface area contributed by atoms with Gasteiger partial charge in [0.1, 0.15) is 12.4 Å². The van der Waals surface area contributed by atoms with E-state index in [4.69, 9.17) is 11.6 Å². The van der Waals surface area contributed by atoms with E-state index in [1.54, 1.807) is 29.2 Å². The van der Waals surface area contributed by atoms with Crippen LogP contribution in [0.15, 0.2) is 60.9 Å². The second kappa shape index (κ2) is 11.3. The molecule has 11 heteroatoms. The van der Waals surface area contributed by atoms with Gasteiger partial charge >= 0.3 is 5.97 Å². The van der Waals surface area contributed by atoms with Crippen LogP contribution in [0.2, 0.25) is 5.02 Å². The first-order valence-corrected chi connectivity index (χ1v) is 14.8. The van der Waals surface area contributed by atoms with Gasteiger partial charge in [0.2, 0.25) is 11.8 Å². The Morgan fingerprint density at radius 1 is 1.02 bits per heavy atom. The molecule has 0 radical (unpaired) electrons. The smallest absolute Gasteiger partial charge is 0.309 e. The van der Waals surface area contributed by atoms with Gasteiger partial charge in [-0.1, -0.05) is 41.9 Å². The van der Waals surface area contributed by atoms with E-state index in [0.717, 1.165) is 18.4 Å². The van der Waals surface area contributed by atoms with Crippen molar-refractivity contribution < 1.29 is 19.5 Å². The van der Waals surface area contributed by atoms with Gasteiger partial charge in [0.05, 0.1) is 11.1 Å². The van der Waals surface area contributed by atoms with Crippen molar-refractivity contribution >= 4 is 35.5 Å². The third-order valence-corrected chi connectivity index (χ3v) is 9.72. The average molecular weight is 589 g/mol. The van der Waals surface area contributed by atoms with Crippen LogP contribution in [-0.4, -0.2) is 66.1 Å². The number of rotatable bonds is 7. The number of piperidine rings is 1. The molecular weight excluding hydrogens is 556 g/mol. The highest BCUT2D eigenvalue weighted by Gasteiger charge is 2.54. The number of aromatic nitrogens is 4. The number of halogens is 1. The molecule has 4 fully saturated rings. The Kier molecular flexibility index (Phi) is 7.57. The molecule has 0 spiro atoms. The maximum Gasteiger partial charge on any atom is 0.309 e. The molecule has 1 aliphatic heterocycles. The standard InChI is InChI=1S/C31H33ClN6O4/c32-23-9-10-25(38-20-33-35-36-38)22(19-23)8-11-26(39)37-18-4-7-24(21-5-2-1-3-6-21)27(37)28(40)34-31-15-12-30(13-16-31,14-17-31)29(41)42/h1-3,5-6,8-11,19-20,24,27H,4,7,12-18H2,(H,34,40)(H,41,42)/t24-,27-,30?,31?/m0/s1. The summed E-state index contributed by atoms with van der Waals surface area (Å²) >= 11 is 6.27. The molecule has 3 saturated carbocycles. The zero-order valence-electron chi connectivity index (χ0n) is 23.2. The minimum absolute atomic E-state index is 0.165. The lowest BCUT2D eigenvalue weighted by atomic mass is 9.57. The molecule has 218 valence electrons. The van der Waals surface area contributed by atoms with E-state index in [1.165, 1.54) is 17.1 Å². The number of fused-ring (bicyclic) bond motifs is 3. The first-order valence-electron chi connectivity index (χ1n) is 14.4. The van der Waals surface area contributed by atoms with Crippen LogP contribution >= 0.6 is 11.6 Å². The van der Waals surface area contributed by atoms with Crippen LogP contribution in [0.3, 0.4) is 0 Å². The van der Waals surface area contributed by atoms with E-state index in [0.29, 0.717) is 61.3 Å².